The second-order valence-electron chi connectivity index (χ2n) is 6.77. The molecule has 31 heavy (non-hydrogen) atoms. The van der Waals surface area contributed by atoms with Crippen LogP contribution in [0.25, 0.3) is 0 Å². The zero-order valence-electron chi connectivity index (χ0n) is 17.1. The largest absolute Gasteiger partial charge is 0.471 e. The lowest BCUT2D eigenvalue weighted by atomic mass is 10.1. The van der Waals surface area contributed by atoms with Crippen LogP contribution < -0.4 is 15.4 Å². The zero-order valence-corrected chi connectivity index (χ0v) is 17.1. The van der Waals surface area contributed by atoms with E-state index in [2.05, 4.69) is 25.3 Å². The minimum atomic E-state index is -4.31. The molecule has 168 valence electrons. The topological polar surface area (TPSA) is 93.2 Å². The highest BCUT2D eigenvalue weighted by atomic mass is 19.3. The van der Waals surface area contributed by atoms with Crippen LogP contribution >= 0.6 is 0 Å². The molecule has 0 aliphatic heterocycles. The van der Waals surface area contributed by atoms with Crippen LogP contribution in [0.3, 0.4) is 0 Å². The Morgan fingerprint density at radius 2 is 1.94 bits per heavy atom. The molecule has 0 saturated carbocycles. The molecule has 1 atom stereocenters. The van der Waals surface area contributed by atoms with Gasteiger partial charge >= 0.3 is 12.3 Å². The Morgan fingerprint density at radius 3 is 2.55 bits per heavy atom. The Balaban J connectivity index is 2.04. The summed E-state index contributed by atoms with van der Waals surface area (Å²) in [5.74, 6) is -4.92. The Hall–Kier alpha value is -3.24. The molecule has 2 heterocycles. The second-order valence-corrected chi connectivity index (χ2v) is 6.77. The number of alkyl halides is 4. The van der Waals surface area contributed by atoms with Gasteiger partial charge in [0.05, 0.1) is 11.6 Å². The summed E-state index contributed by atoms with van der Waals surface area (Å²) in [5, 5.41) is 5.37. The van der Waals surface area contributed by atoms with Gasteiger partial charge in [0.2, 0.25) is 11.8 Å². The molecule has 2 amide bonds. The molecule has 1 unspecified atom stereocenters. The maximum absolute atomic E-state index is 13.0. The lowest BCUT2D eigenvalue weighted by molar-refractivity contribution is -0.148. The Labute approximate surface area is 176 Å². The summed E-state index contributed by atoms with van der Waals surface area (Å²) in [7, 11) is 0. The van der Waals surface area contributed by atoms with E-state index in [0.29, 0.717) is 17.8 Å². The molecule has 0 aliphatic rings. The molecule has 0 saturated heterocycles. The third-order valence-corrected chi connectivity index (χ3v) is 4.23. The first kappa shape index (κ1) is 24.0. The number of aryl methyl sites for hydroxylation is 1. The smallest absolute Gasteiger partial charge is 0.340 e. The Bertz CT molecular complexity index is 940. The monoisotopic (exact) mass is 442 g/mol. The van der Waals surface area contributed by atoms with Gasteiger partial charge in [-0.25, -0.2) is 18.7 Å². The SMILES string of the molecule is CCC(=O)Nc1cc(C(C)NC(=O)c2cnc(OCC(F)(F)C(F)F)c(C)c2)ccn1. The molecule has 7 nitrogen and oxygen atoms in total. The summed E-state index contributed by atoms with van der Waals surface area (Å²) in [6.45, 7) is 3.36. The first-order valence-electron chi connectivity index (χ1n) is 9.35. The Kier molecular flexibility index (Phi) is 7.89. The number of ether oxygens (including phenoxy) is 1. The second kappa shape index (κ2) is 10.2. The van der Waals surface area contributed by atoms with Crippen LogP contribution in [0.2, 0.25) is 0 Å². The standard InChI is InChI=1S/C20H22F4N4O3/c1-4-16(29)28-15-8-13(5-6-25-15)12(3)27-17(30)14-7-11(2)18(26-9-14)31-10-20(23,24)19(21)22/h5-9,12,19H,4,10H2,1-3H3,(H,27,30)(H,25,28,29). The molecule has 2 aromatic heterocycles. The van der Waals surface area contributed by atoms with E-state index in [4.69, 9.17) is 0 Å². The predicted octanol–water partition coefficient (Wildman–Crippen LogP) is 3.90. The molecule has 0 fully saturated rings. The van der Waals surface area contributed by atoms with E-state index in [1.54, 1.807) is 26.0 Å². The zero-order chi connectivity index (χ0) is 23.2. The number of anilines is 1. The van der Waals surface area contributed by atoms with Crippen molar-refractivity contribution in [2.45, 2.75) is 45.6 Å². The molecule has 0 spiro atoms. The summed E-state index contributed by atoms with van der Waals surface area (Å²) in [4.78, 5) is 31.8. The normalized spacial score (nSPS) is 12.4. The number of rotatable bonds is 9. The molecule has 2 aromatic rings. The molecule has 0 radical (unpaired) electrons. The number of pyridine rings is 2. The minimum absolute atomic E-state index is 0.130. The van der Waals surface area contributed by atoms with Crippen LogP contribution in [0.4, 0.5) is 23.4 Å². The van der Waals surface area contributed by atoms with E-state index in [0.717, 1.165) is 6.20 Å². The number of nitrogens with zero attached hydrogens (tertiary/aromatic N) is 2. The van der Waals surface area contributed by atoms with Crippen molar-refractivity contribution in [3.8, 4) is 5.88 Å². The summed E-state index contributed by atoms with van der Waals surface area (Å²) in [6.07, 6.45) is -0.965. The first-order chi connectivity index (χ1) is 14.5. The van der Waals surface area contributed by atoms with E-state index >= 15 is 0 Å². The molecule has 2 rings (SSSR count). The van der Waals surface area contributed by atoms with Gasteiger partial charge in [-0.05, 0) is 37.6 Å². The predicted molar refractivity (Wildman–Crippen MR) is 104 cm³/mol. The van der Waals surface area contributed by atoms with Gasteiger partial charge in [-0.15, -0.1) is 0 Å². The van der Waals surface area contributed by atoms with Gasteiger partial charge in [-0.3, -0.25) is 9.59 Å². The number of carbonyl (C=O) groups is 2. The average Bonchev–Trinajstić information content (AvgIpc) is 2.72. The maximum Gasteiger partial charge on any atom is 0.340 e. The van der Waals surface area contributed by atoms with Crippen LogP contribution in [0, 0.1) is 6.92 Å². The summed E-state index contributed by atoms with van der Waals surface area (Å²) < 4.78 is 55.1. The van der Waals surface area contributed by atoms with Crippen molar-refractivity contribution in [2.75, 3.05) is 11.9 Å². The number of nitrogens with one attached hydrogen (secondary N) is 2. The molecular weight excluding hydrogens is 420 g/mol. The highest BCUT2D eigenvalue weighted by Crippen LogP contribution is 2.25. The van der Waals surface area contributed by atoms with E-state index < -0.39 is 30.9 Å². The number of hydrogen-bond donors (Lipinski definition) is 2. The Morgan fingerprint density at radius 1 is 1.23 bits per heavy atom. The molecule has 2 N–H and O–H groups in total. The van der Waals surface area contributed by atoms with Gasteiger partial charge in [0.25, 0.3) is 5.91 Å². The molecule has 0 aromatic carbocycles. The van der Waals surface area contributed by atoms with Crippen molar-refractivity contribution in [3.63, 3.8) is 0 Å². The van der Waals surface area contributed by atoms with Gasteiger partial charge < -0.3 is 15.4 Å². The van der Waals surface area contributed by atoms with Gasteiger partial charge in [0.15, 0.2) is 6.61 Å². The van der Waals surface area contributed by atoms with Gasteiger partial charge in [-0.1, -0.05) is 6.92 Å². The van der Waals surface area contributed by atoms with E-state index in [1.165, 1.54) is 19.2 Å². The first-order valence-corrected chi connectivity index (χ1v) is 9.35. The number of halogens is 4. The summed E-state index contributed by atoms with van der Waals surface area (Å²) in [6, 6.07) is 4.21. The van der Waals surface area contributed by atoms with Gasteiger partial charge in [-0.2, -0.15) is 8.78 Å². The van der Waals surface area contributed by atoms with Crippen LogP contribution in [0.15, 0.2) is 30.6 Å². The fourth-order valence-electron chi connectivity index (χ4n) is 2.44. The minimum Gasteiger partial charge on any atom is -0.471 e. The molecule has 11 heteroatoms. The van der Waals surface area contributed by atoms with Gasteiger partial charge in [0.1, 0.15) is 5.82 Å². The van der Waals surface area contributed by atoms with E-state index in [-0.39, 0.29) is 22.9 Å². The number of amides is 2. The average molecular weight is 442 g/mol. The quantitative estimate of drug-likeness (QED) is 0.575. The van der Waals surface area contributed by atoms with Crippen molar-refractivity contribution in [2.24, 2.45) is 0 Å². The third kappa shape index (κ3) is 6.63. The molecule has 0 bridgehead atoms. The highest BCUT2D eigenvalue weighted by molar-refractivity contribution is 5.94. The molecular formula is C20H22F4N4O3. The number of aromatic nitrogens is 2. The number of hydrogen-bond acceptors (Lipinski definition) is 5. The summed E-state index contributed by atoms with van der Waals surface area (Å²) in [5.41, 5.74) is 1.05. The van der Waals surface area contributed by atoms with Crippen molar-refractivity contribution in [1.82, 2.24) is 15.3 Å². The van der Waals surface area contributed by atoms with E-state index in [9.17, 15) is 27.2 Å². The van der Waals surface area contributed by atoms with Gasteiger partial charge in [0, 0.05) is 24.4 Å². The fourth-order valence-corrected chi connectivity index (χ4v) is 2.44. The molecule has 0 aliphatic carbocycles. The van der Waals surface area contributed by atoms with Crippen molar-refractivity contribution < 1.29 is 31.9 Å². The van der Waals surface area contributed by atoms with E-state index in [1.807, 2.05) is 0 Å². The lowest BCUT2D eigenvalue weighted by Crippen LogP contribution is -2.34. The summed E-state index contributed by atoms with van der Waals surface area (Å²) >= 11 is 0. The maximum atomic E-state index is 13.0. The van der Waals surface area contributed by atoms with Crippen LogP contribution in [-0.4, -0.2) is 40.7 Å². The van der Waals surface area contributed by atoms with Crippen molar-refractivity contribution in [3.05, 3.63) is 47.3 Å². The van der Waals surface area contributed by atoms with Crippen LogP contribution in [-0.2, 0) is 4.79 Å². The van der Waals surface area contributed by atoms with Crippen LogP contribution in [0.5, 0.6) is 5.88 Å². The lowest BCUT2D eigenvalue weighted by Gasteiger charge is -2.17. The number of carbonyl (C=O) groups excluding carboxylic acids is 2. The van der Waals surface area contributed by atoms with Crippen molar-refractivity contribution >= 4 is 17.6 Å². The van der Waals surface area contributed by atoms with Crippen LogP contribution in [0.1, 0.15) is 47.8 Å². The van der Waals surface area contributed by atoms with Crippen molar-refractivity contribution in [1.29, 1.82) is 0 Å². The highest BCUT2D eigenvalue weighted by Gasteiger charge is 2.42. The third-order valence-electron chi connectivity index (χ3n) is 4.23. The fraction of sp³-hybridized carbons (Fsp3) is 0.400.